The van der Waals surface area contributed by atoms with Crippen molar-refractivity contribution in [2.45, 2.75) is 12.8 Å². The number of amides is 1. The van der Waals surface area contributed by atoms with E-state index < -0.39 is 5.91 Å². The van der Waals surface area contributed by atoms with E-state index in [1.807, 2.05) is 24.3 Å². The predicted molar refractivity (Wildman–Crippen MR) is 60.1 cm³/mol. The lowest BCUT2D eigenvalue weighted by atomic mass is 10.0. The molecule has 3 N–H and O–H groups in total. The summed E-state index contributed by atoms with van der Waals surface area (Å²) in [6.07, 6.45) is 4.57. The minimum absolute atomic E-state index is 0.174. The summed E-state index contributed by atoms with van der Waals surface area (Å²) in [5, 5.41) is 8.74. The minimum atomic E-state index is -0.452. The first-order chi connectivity index (χ1) is 7.24. The lowest BCUT2D eigenvalue weighted by Crippen LogP contribution is -2.05. The SMILES string of the molecule is NC(=O)C=Cc1ccccc1CCCO. The predicted octanol–water partition coefficient (Wildman–Crippen LogP) is 1.11. The molecule has 0 atom stereocenters. The summed E-state index contributed by atoms with van der Waals surface area (Å²) in [5.74, 6) is -0.452. The third kappa shape index (κ3) is 3.95. The van der Waals surface area contributed by atoms with Gasteiger partial charge >= 0.3 is 0 Å². The Kier molecular flexibility index (Phi) is 4.57. The number of hydrogen-bond donors (Lipinski definition) is 2. The van der Waals surface area contributed by atoms with E-state index in [-0.39, 0.29) is 6.61 Å². The molecule has 3 heteroatoms. The molecule has 1 aromatic carbocycles. The molecule has 3 nitrogen and oxygen atoms in total. The molecule has 80 valence electrons. The molecule has 1 amide bonds. The van der Waals surface area contributed by atoms with E-state index in [2.05, 4.69) is 0 Å². The van der Waals surface area contributed by atoms with Crippen molar-refractivity contribution in [2.75, 3.05) is 6.61 Å². The molecule has 0 aliphatic rings. The van der Waals surface area contributed by atoms with Crippen molar-refractivity contribution < 1.29 is 9.90 Å². The Morgan fingerprint density at radius 3 is 2.80 bits per heavy atom. The molecule has 0 unspecified atom stereocenters. The van der Waals surface area contributed by atoms with Crippen molar-refractivity contribution in [1.29, 1.82) is 0 Å². The summed E-state index contributed by atoms with van der Waals surface area (Å²) < 4.78 is 0. The maximum absolute atomic E-state index is 10.6. The largest absolute Gasteiger partial charge is 0.396 e. The second-order valence-electron chi connectivity index (χ2n) is 3.26. The third-order valence-corrected chi connectivity index (χ3v) is 2.09. The fourth-order valence-electron chi connectivity index (χ4n) is 1.37. The summed E-state index contributed by atoms with van der Waals surface area (Å²) in [6, 6.07) is 7.75. The van der Waals surface area contributed by atoms with Crippen molar-refractivity contribution in [1.82, 2.24) is 0 Å². The molecule has 1 rings (SSSR count). The third-order valence-electron chi connectivity index (χ3n) is 2.09. The Bertz CT molecular complexity index is 358. The maximum Gasteiger partial charge on any atom is 0.241 e. The molecule has 0 aliphatic heterocycles. The zero-order valence-electron chi connectivity index (χ0n) is 8.52. The van der Waals surface area contributed by atoms with E-state index in [0.717, 1.165) is 24.0 Å². The summed E-state index contributed by atoms with van der Waals surface area (Å²) >= 11 is 0. The molecule has 0 heterocycles. The van der Waals surface area contributed by atoms with Crippen molar-refractivity contribution in [3.05, 3.63) is 41.5 Å². The van der Waals surface area contributed by atoms with Crippen molar-refractivity contribution in [3.63, 3.8) is 0 Å². The van der Waals surface area contributed by atoms with E-state index >= 15 is 0 Å². The number of carbonyl (C=O) groups is 1. The van der Waals surface area contributed by atoms with Crippen LogP contribution in [0.4, 0.5) is 0 Å². The van der Waals surface area contributed by atoms with Crippen molar-refractivity contribution >= 4 is 12.0 Å². The Morgan fingerprint density at radius 2 is 2.13 bits per heavy atom. The summed E-state index contributed by atoms with van der Waals surface area (Å²) in [4.78, 5) is 10.6. The first kappa shape index (κ1) is 11.5. The van der Waals surface area contributed by atoms with Crippen LogP contribution in [0, 0.1) is 0 Å². The van der Waals surface area contributed by atoms with Gasteiger partial charge in [0.15, 0.2) is 0 Å². The van der Waals surface area contributed by atoms with Gasteiger partial charge in [-0.15, -0.1) is 0 Å². The molecular formula is C12H15NO2. The standard InChI is InChI=1S/C12H15NO2/c13-12(15)8-7-11-5-2-1-4-10(11)6-3-9-14/h1-2,4-5,7-8,14H,3,6,9H2,(H2,13,15). The Morgan fingerprint density at radius 1 is 1.40 bits per heavy atom. The summed E-state index contributed by atoms with van der Waals surface area (Å²) in [6.45, 7) is 0.174. The van der Waals surface area contributed by atoms with Crippen LogP contribution < -0.4 is 5.73 Å². The second kappa shape index (κ2) is 5.98. The van der Waals surface area contributed by atoms with E-state index in [1.54, 1.807) is 6.08 Å². The van der Waals surface area contributed by atoms with Crippen LogP contribution >= 0.6 is 0 Å². The van der Waals surface area contributed by atoms with Crippen LogP contribution in [0.15, 0.2) is 30.3 Å². The fourth-order valence-corrected chi connectivity index (χ4v) is 1.37. The first-order valence-electron chi connectivity index (χ1n) is 4.90. The van der Waals surface area contributed by atoms with Crippen LogP contribution in [0.3, 0.4) is 0 Å². The van der Waals surface area contributed by atoms with Crippen LogP contribution in [-0.4, -0.2) is 17.6 Å². The van der Waals surface area contributed by atoms with Gasteiger partial charge in [0.2, 0.25) is 5.91 Å². The van der Waals surface area contributed by atoms with Gasteiger partial charge in [-0.3, -0.25) is 4.79 Å². The number of aliphatic hydroxyl groups is 1. The molecular weight excluding hydrogens is 190 g/mol. The Balaban J connectivity index is 2.81. The van der Waals surface area contributed by atoms with Gasteiger partial charge in [0.1, 0.15) is 0 Å². The van der Waals surface area contributed by atoms with Gasteiger partial charge in [-0.2, -0.15) is 0 Å². The minimum Gasteiger partial charge on any atom is -0.396 e. The molecule has 0 fully saturated rings. The molecule has 0 saturated carbocycles. The van der Waals surface area contributed by atoms with Gasteiger partial charge in [0.05, 0.1) is 0 Å². The highest BCUT2D eigenvalue weighted by molar-refractivity contribution is 5.90. The zero-order valence-corrected chi connectivity index (χ0v) is 8.52. The molecule has 0 bridgehead atoms. The highest BCUT2D eigenvalue weighted by Gasteiger charge is 1.98. The van der Waals surface area contributed by atoms with Crippen LogP contribution in [0.5, 0.6) is 0 Å². The van der Waals surface area contributed by atoms with Crippen molar-refractivity contribution in [3.8, 4) is 0 Å². The Hall–Kier alpha value is -1.61. The van der Waals surface area contributed by atoms with Crippen LogP contribution in [-0.2, 0) is 11.2 Å². The smallest absolute Gasteiger partial charge is 0.241 e. The number of primary amides is 1. The maximum atomic E-state index is 10.6. The number of hydrogen-bond acceptors (Lipinski definition) is 2. The monoisotopic (exact) mass is 205 g/mol. The van der Waals surface area contributed by atoms with Crippen LogP contribution in [0.2, 0.25) is 0 Å². The summed E-state index contributed by atoms with van der Waals surface area (Å²) in [5.41, 5.74) is 7.12. The lowest BCUT2D eigenvalue weighted by Gasteiger charge is -2.03. The number of aliphatic hydroxyl groups excluding tert-OH is 1. The van der Waals surface area contributed by atoms with E-state index in [1.165, 1.54) is 6.08 Å². The average molecular weight is 205 g/mol. The van der Waals surface area contributed by atoms with Gasteiger partial charge in [0, 0.05) is 12.7 Å². The highest BCUT2D eigenvalue weighted by atomic mass is 16.2. The normalized spacial score (nSPS) is 10.7. The Labute approximate surface area is 89.2 Å². The molecule has 15 heavy (non-hydrogen) atoms. The molecule has 0 saturated heterocycles. The highest BCUT2D eigenvalue weighted by Crippen LogP contribution is 2.12. The topological polar surface area (TPSA) is 63.3 Å². The van der Waals surface area contributed by atoms with Gasteiger partial charge in [-0.05, 0) is 30.0 Å². The number of carbonyl (C=O) groups excluding carboxylic acids is 1. The van der Waals surface area contributed by atoms with E-state index in [0.29, 0.717) is 0 Å². The molecule has 0 aromatic heterocycles. The van der Waals surface area contributed by atoms with Crippen LogP contribution in [0.25, 0.3) is 6.08 Å². The second-order valence-corrected chi connectivity index (χ2v) is 3.26. The van der Waals surface area contributed by atoms with Gasteiger partial charge in [-0.1, -0.05) is 24.3 Å². The van der Waals surface area contributed by atoms with Gasteiger partial charge in [0.25, 0.3) is 0 Å². The van der Waals surface area contributed by atoms with Crippen molar-refractivity contribution in [2.24, 2.45) is 5.73 Å². The number of aryl methyl sites for hydroxylation is 1. The number of benzene rings is 1. The quantitative estimate of drug-likeness (QED) is 0.707. The molecule has 0 spiro atoms. The number of nitrogens with two attached hydrogens (primary N) is 1. The first-order valence-corrected chi connectivity index (χ1v) is 4.90. The molecule has 0 radical (unpaired) electrons. The fraction of sp³-hybridized carbons (Fsp3) is 0.250. The number of rotatable bonds is 5. The van der Waals surface area contributed by atoms with Gasteiger partial charge in [-0.25, -0.2) is 0 Å². The zero-order chi connectivity index (χ0) is 11.1. The van der Waals surface area contributed by atoms with E-state index in [4.69, 9.17) is 10.8 Å². The van der Waals surface area contributed by atoms with Gasteiger partial charge < -0.3 is 10.8 Å². The molecule has 1 aromatic rings. The lowest BCUT2D eigenvalue weighted by molar-refractivity contribution is -0.113. The average Bonchev–Trinajstić information content (AvgIpc) is 2.24. The summed E-state index contributed by atoms with van der Waals surface area (Å²) in [7, 11) is 0. The molecule has 0 aliphatic carbocycles. The van der Waals surface area contributed by atoms with Crippen LogP contribution in [0.1, 0.15) is 17.5 Å². The van der Waals surface area contributed by atoms with E-state index in [9.17, 15) is 4.79 Å².